The number of anilines is 1. The minimum absolute atomic E-state index is 0.336. The molecular formula is C8H10N6. The summed E-state index contributed by atoms with van der Waals surface area (Å²) in [6, 6.07) is 0. The lowest BCUT2D eigenvalue weighted by Gasteiger charge is -1.98. The molecule has 14 heavy (non-hydrogen) atoms. The van der Waals surface area contributed by atoms with Crippen LogP contribution in [0.4, 0.5) is 5.95 Å². The van der Waals surface area contributed by atoms with Crippen LogP contribution in [0.2, 0.25) is 0 Å². The molecule has 2 rings (SSSR count). The Morgan fingerprint density at radius 3 is 2.86 bits per heavy atom. The highest BCUT2D eigenvalue weighted by atomic mass is 15.4. The van der Waals surface area contributed by atoms with E-state index in [1.165, 1.54) is 4.68 Å². The van der Waals surface area contributed by atoms with Crippen molar-refractivity contribution in [2.75, 3.05) is 5.73 Å². The molecule has 0 saturated heterocycles. The number of hydrogen-bond donors (Lipinski definition) is 1. The van der Waals surface area contributed by atoms with Gasteiger partial charge in [-0.25, -0.2) is 4.98 Å². The zero-order valence-corrected chi connectivity index (χ0v) is 7.75. The van der Waals surface area contributed by atoms with Gasteiger partial charge in [0.1, 0.15) is 0 Å². The Labute approximate surface area is 80.8 Å². The summed E-state index contributed by atoms with van der Waals surface area (Å²) in [6.45, 7) is 1.97. The summed E-state index contributed by atoms with van der Waals surface area (Å²) < 4.78 is 1.48. The molecule has 0 radical (unpaired) electrons. The van der Waals surface area contributed by atoms with Crippen molar-refractivity contribution in [2.24, 2.45) is 0 Å². The molecule has 0 fully saturated rings. The maximum absolute atomic E-state index is 5.67. The average Bonchev–Trinajstić information content (AvgIpc) is 2.61. The van der Waals surface area contributed by atoms with E-state index in [0.717, 1.165) is 6.42 Å². The molecule has 2 N–H and O–H groups in total. The first kappa shape index (κ1) is 8.61. The second-order valence-electron chi connectivity index (χ2n) is 2.72. The Balaban J connectivity index is 2.46. The first-order valence-electron chi connectivity index (χ1n) is 4.29. The molecule has 0 aliphatic carbocycles. The van der Waals surface area contributed by atoms with Crippen LogP contribution < -0.4 is 5.73 Å². The van der Waals surface area contributed by atoms with Crippen molar-refractivity contribution >= 4 is 5.95 Å². The van der Waals surface area contributed by atoms with Crippen molar-refractivity contribution in [3.8, 4) is 5.82 Å². The Kier molecular flexibility index (Phi) is 2.10. The lowest BCUT2D eigenvalue weighted by atomic mass is 10.5. The molecule has 72 valence electrons. The van der Waals surface area contributed by atoms with E-state index in [1.54, 1.807) is 18.6 Å². The van der Waals surface area contributed by atoms with E-state index < -0.39 is 0 Å². The molecule has 2 heterocycles. The van der Waals surface area contributed by atoms with Gasteiger partial charge in [-0.3, -0.25) is 4.98 Å². The fourth-order valence-electron chi connectivity index (χ4n) is 1.09. The van der Waals surface area contributed by atoms with E-state index in [-0.39, 0.29) is 0 Å². The van der Waals surface area contributed by atoms with Crippen LogP contribution >= 0.6 is 0 Å². The number of nitrogen functional groups attached to an aromatic ring is 1. The second kappa shape index (κ2) is 3.41. The van der Waals surface area contributed by atoms with Crippen molar-refractivity contribution in [3.05, 3.63) is 24.4 Å². The lowest BCUT2D eigenvalue weighted by molar-refractivity contribution is 0.815. The van der Waals surface area contributed by atoms with Gasteiger partial charge in [0.25, 0.3) is 0 Å². The number of hydrogen-bond acceptors (Lipinski definition) is 5. The van der Waals surface area contributed by atoms with E-state index >= 15 is 0 Å². The van der Waals surface area contributed by atoms with Crippen LogP contribution in [0.1, 0.15) is 12.7 Å². The monoisotopic (exact) mass is 190 g/mol. The maximum atomic E-state index is 5.67. The molecule has 6 heteroatoms. The van der Waals surface area contributed by atoms with Gasteiger partial charge >= 0.3 is 0 Å². The summed E-state index contributed by atoms with van der Waals surface area (Å²) in [6.07, 6.45) is 5.52. The predicted octanol–water partition coefficient (Wildman–Crippen LogP) is 0.202. The molecule has 0 aliphatic heterocycles. The Morgan fingerprint density at radius 2 is 2.29 bits per heavy atom. The molecule has 0 unspecified atom stereocenters. The molecule has 0 saturated carbocycles. The Bertz CT molecular complexity index is 421. The molecular weight excluding hydrogens is 180 g/mol. The van der Waals surface area contributed by atoms with Crippen molar-refractivity contribution in [3.63, 3.8) is 0 Å². The number of nitrogens with zero attached hydrogens (tertiary/aromatic N) is 5. The third-order valence-electron chi connectivity index (χ3n) is 1.76. The van der Waals surface area contributed by atoms with Gasteiger partial charge in [-0.15, -0.1) is 5.10 Å². The molecule has 0 aromatic carbocycles. The lowest BCUT2D eigenvalue weighted by Crippen LogP contribution is -2.04. The van der Waals surface area contributed by atoms with Gasteiger partial charge in [-0.2, -0.15) is 9.67 Å². The number of aryl methyl sites for hydroxylation is 1. The Hall–Kier alpha value is -1.98. The number of nitrogens with two attached hydrogens (primary N) is 1. The fourth-order valence-corrected chi connectivity index (χ4v) is 1.09. The highest BCUT2D eigenvalue weighted by molar-refractivity contribution is 5.29. The summed E-state index contributed by atoms with van der Waals surface area (Å²) in [7, 11) is 0. The van der Waals surface area contributed by atoms with Gasteiger partial charge in [-0.05, 0) is 0 Å². The van der Waals surface area contributed by atoms with Gasteiger partial charge in [0.05, 0.1) is 6.20 Å². The zero-order valence-electron chi connectivity index (χ0n) is 7.75. The largest absolute Gasteiger partial charge is 0.368 e. The van der Waals surface area contributed by atoms with E-state index in [0.29, 0.717) is 17.6 Å². The van der Waals surface area contributed by atoms with E-state index in [1.807, 2.05) is 6.92 Å². The Morgan fingerprint density at radius 1 is 1.43 bits per heavy atom. The highest BCUT2D eigenvalue weighted by Gasteiger charge is 2.07. The van der Waals surface area contributed by atoms with E-state index in [2.05, 4.69) is 20.1 Å². The standard InChI is InChI=1S/C8H10N6/c1-2-6-12-8(9)14(13-6)7-5-10-3-4-11-7/h3-5H,2H2,1H3,(H2,9,12,13). The van der Waals surface area contributed by atoms with Crippen LogP contribution in [-0.4, -0.2) is 24.7 Å². The van der Waals surface area contributed by atoms with Crippen LogP contribution in [0.3, 0.4) is 0 Å². The first-order chi connectivity index (χ1) is 6.81. The molecule has 2 aromatic rings. The van der Waals surface area contributed by atoms with E-state index in [4.69, 9.17) is 5.73 Å². The SMILES string of the molecule is CCc1nc(N)n(-c2cnccn2)n1. The highest BCUT2D eigenvalue weighted by Crippen LogP contribution is 2.06. The van der Waals surface area contributed by atoms with Crippen molar-refractivity contribution < 1.29 is 0 Å². The van der Waals surface area contributed by atoms with Crippen LogP contribution in [0, 0.1) is 0 Å². The van der Waals surface area contributed by atoms with Gasteiger partial charge < -0.3 is 5.73 Å². The third kappa shape index (κ3) is 1.41. The van der Waals surface area contributed by atoms with Gasteiger partial charge in [-0.1, -0.05) is 6.92 Å². The van der Waals surface area contributed by atoms with Crippen molar-refractivity contribution in [1.29, 1.82) is 0 Å². The quantitative estimate of drug-likeness (QED) is 0.731. The third-order valence-corrected chi connectivity index (χ3v) is 1.76. The molecule has 0 amide bonds. The molecule has 0 spiro atoms. The predicted molar refractivity (Wildman–Crippen MR) is 50.7 cm³/mol. The number of rotatable bonds is 2. The van der Waals surface area contributed by atoms with Gasteiger partial charge in [0.2, 0.25) is 5.95 Å². The minimum Gasteiger partial charge on any atom is -0.368 e. The smallest absolute Gasteiger partial charge is 0.225 e. The summed E-state index contributed by atoms with van der Waals surface area (Å²) in [5.41, 5.74) is 5.67. The maximum Gasteiger partial charge on any atom is 0.225 e. The molecule has 0 bridgehead atoms. The normalized spacial score (nSPS) is 10.4. The molecule has 0 aliphatic rings. The topological polar surface area (TPSA) is 82.5 Å². The van der Waals surface area contributed by atoms with Crippen LogP contribution in [-0.2, 0) is 6.42 Å². The average molecular weight is 190 g/mol. The second-order valence-corrected chi connectivity index (χ2v) is 2.72. The fraction of sp³-hybridized carbons (Fsp3) is 0.250. The minimum atomic E-state index is 0.336. The summed E-state index contributed by atoms with van der Waals surface area (Å²) >= 11 is 0. The zero-order chi connectivity index (χ0) is 9.97. The molecule has 2 aromatic heterocycles. The number of aromatic nitrogens is 5. The van der Waals surface area contributed by atoms with Gasteiger partial charge in [0.15, 0.2) is 11.6 Å². The molecule has 0 atom stereocenters. The summed E-state index contributed by atoms with van der Waals surface area (Å²) in [4.78, 5) is 12.1. The van der Waals surface area contributed by atoms with Crippen LogP contribution in [0.5, 0.6) is 0 Å². The van der Waals surface area contributed by atoms with Crippen molar-refractivity contribution in [1.82, 2.24) is 24.7 Å². The van der Waals surface area contributed by atoms with Crippen LogP contribution in [0.15, 0.2) is 18.6 Å². The van der Waals surface area contributed by atoms with E-state index in [9.17, 15) is 0 Å². The van der Waals surface area contributed by atoms with Gasteiger partial charge in [0, 0.05) is 18.8 Å². The van der Waals surface area contributed by atoms with Crippen molar-refractivity contribution in [2.45, 2.75) is 13.3 Å². The first-order valence-corrected chi connectivity index (χ1v) is 4.29. The summed E-state index contributed by atoms with van der Waals surface area (Å²) in [5.74, 6) is 1.62. The molecule has 6 nitrogen and oxygen atoms in total. The summed E-state index contributed by atoms with van der Waals surface area (Å²) in [5, 5.41) is 4.18. The van der Waals surface area contributed by atoms with Crippen LogP contribution in [0.25, 0.3) is 5.82 Å².